The lowest BCUT2D eigenvalue weighted by atomic mass is 9.73. The standard InChI is InChI=1S/C27H43NO/c1-3-5-7-8-9-10-20-29-27-18-14-24(15-19-27)21-26(22-28)25-16-12-23(13-17-25)11-6-4-2/h14-15,18-19,23,25-26H,3-13,16-17,20-21H2,1-2H3. The van der Waals surface area contributed by atoms with Gasteiger partial charge in [0.25, 0.3) is 0 Å². The molecule has 0 heterocycles. The van der Waals surface area contributed by atoms with Crippen LogP contribution in [0, 0.1) is 29.1 Å². The summed E-state index contributed by atoms with van der Waals surface area (Å²) in [5.74, 6) is 2.62. The van der Waals surface area contributed by atoms with E-state index in [2.05, 4.69) is 44.2 Å². The van der Waals surface area contributed by atoms with E-state index in [9.17, 15) is 5.26 Å². The number of unbranched alkanes of at least 4 members (excludes halogenated alkanes) is 6. The molecule has 0 spiro atoms. The van der Waals surface area contributed by atoms with Crippen molar-refractivity contribution >= 4 is 0 Å². The molecular formula is C27H43NO. The number of nitriles is 1. The minimum absolute atomic E-state index is 0.164. The normalized spacial score (nSPS) is 20.2. The molecule has 2 rings (SSSR count). The van der Waals surface area contributed by atoms with Gasteiger partial charge in [0.2, 0.25) is 0 Å². The molecule has 162 valence electrons. The number of hydrogen-bond acceptors (Lipinski definition) is 2. The average Bonchev–Trinajstić information content (AvgIpc) is 2.77. The largest absolute Gasteiger partial charge is 0.494 e. The van der Waals surface area contributed by atoms with Gasteiger partial charge in [0.1, 0.15) is 5.75 Å². The Labute approximate surface area is 180 Å². The van der Waals surface area contributed by atoms with Crippen LogP contribution < -0.4 is 4.74 Å². The molecule has 2 nitrogen and oxygen atoms in total. The molecule has 0 amide bonds. The monoisotopic (exact) mass is 397 g/mol. The third-order valence-electron chi connectivity index (χ3n) is 6.74. The van der Waals surface area contributed by atoms with Gasteiger partial charge in [-0.2, -0.15) is 5.26 Å². The van der Waals surface area contributed by atoms with Crippen molar-refractivity contribution in [1.29, 1.82) is 5.26 Å². The van der Waals surface area contributed by atoms with E-state index in [0.29, 0.717) is 5.92 Å². The zero-order valence-corrected chi connectivity index (χ0v) is 19.0. The van der Waals surface area contributed by atoms with E-state index in [0.717, 1.165) is 31.1 Å². The predicted molar refractivity (Wildman–Crippen MR) is 123 cm³/mol. The molecule has 1 fully saturated rings. The van der Waals surface area contributed by atoms with Gasteiger partial charge in [-0.3, -0.25) is 0 Å². The Bertz CT molecular complexity index is 565. The van der Waals surface area contributed by atoms with E-state index in [-0.39, 0.29) is 5.92 Å². The zero-order chi connectivity index (χ0) is 20.7. The molecule has 1 atom stereocenters. The van der Waals surface area contributed by atoms with Crippen molar-refractivity contribution < 1.29 is 4.74 Å². The van der Waals surface area contributed by atoms with Gasteiger partial charge >= 0.3 is 0 Å². The van der Waals surface area contributed by atoms with Crippen LogP contribution in [-0.2, 0) is 6.42 Å². The van der Waals surface area contributed by atoms with Gasteiger partial charge in [-0.1, -0.05) is 90.2 Å². The molecule has 1 aliphatic carbocycles. The minimum atomic E-state index is 0.164. The second-order valence-electron chi connectivity index (χ2n) is 9.12. The highest BCUT2D eigenvalue weighted by Gasteiger charge is 2.27. The van der Waals surface area contributed by atoms with Crippen LogP contribution in [0.15, 0.2) is 24.3 Å². The van der Waals surface area contributed by atoms with E-state index in [1.807, 2.05) is 0 Å². The highest BCUT2D eigenvalue weighted by molar-refractivity contribution is 5.28. The van der Waals surface area contributed by atoms with Gasteiger partial charge in [0.05, 0.1) is 18.6 Å². The molecule has 1 saturated carbocycles. The number of hydrogen-bond donors (Lipinski definition) is 0. The van der Waals surface area contributed by atoms with Gasteiger partial charge in [-0.25, -0.2) is 0 Å². The fraction of sp³-hybridized carbons (Fsp3) is 0.741. The van der Waals surface area contributed by atoms with Crippen LogP contribution in [0.2, 0.25) is 0 Å². The fourth-order valence-corrected chi connectivity index (χ4v) is 4.74. The van der Waals surface area contributed by atoms with Gasteiger partial charge in [-0.15, -0.1) is 0 Å². The Balaban J connectivity index is 1.69. The third-order valence-corrected chi connectivity index (χ3v) is 6.74. The summed E-state index contributed by atoms with van der Waals surface area (Å²) in [4.78, 5) is 0. The van der Waals surface area contributed by atoms with Crippen LogP contribution in [0.4, 0.5) is 0 Å². The number of nitrogens with zero attached hydrogens (tertiary/aromatic N) is 1. The lowest BCUT2D eigenvalue weighted by Gasteiger charge is -2.31. The summed E-state index contributed by atoms with van der Waals surface area (Å²) in [5.41, 5.74) is 1.27. The summed E-state index contributed by atoms with van der Waals surface area (Å²) in [5, 5.41) is 9.75. The van der Waals surface area contributed by atoms with Crippen molar-refractivity contribution in [2.24, 2.45) is 17.8 Å². The Kier molecular flexibility index (Phi) is 11.9. The van der Waals surface area contributed by atoms with Crippen molar-refractivity contribution in [2.75, 3.05) is 6.61 Å². The topological polar surface area (TPSA) is 33.0 Å². The van der Waals surface area contributed by atoms with Crippen molar-refractivity contribution in [2.45, 2.75) is 104 Å². The molecule has 2 heteroatoms. The first-order valence-corrected chi connectivity index (χ1v) is 12.4. The Morgan fingerprint density at radius 3 is 2.21 bits per heavy atom. The highest BCUT2D eigenvalue weighted by atomic mass is 16.5. The van der Waals surface area contributed by atoms with Crippen LogP contribution in [-0.4, -0.2) is 6.61 Å². The molecule has 0 bridgehead atoms. The van der Waals surface area contributed by atoms with Crippen LogP contribution in [0.5, 0.6) is 5.75 Å². The first kappa shape index (κ1) is 23.8. The Morgan fingerprint density at radius 2 is 1.55 bits per heavy atom. The maximum absolute atomic E-state index is 9.75. The van der Waals surface area contributed by atoms with Gasteiger partial charge < -0.3 is 4.74 Å². The van der Waals surface area contributed by atoms with Crippen molar-refractivity contribution in [3.63, 3.8) is 0 Å². The van der Waals surface area contributed by atoms with Crippen LogP contribution >= 0.6 is 0 Å². The lowest BCUT2D eigenvalue weighted by Crippen LogP contribution is -2.22. The van der Waals surface area contributed by atoms with Crippen LogP contribution in [0.1, 0.15) is 103 Å². The summed E-state index contributed by atoms with van der Waals surface area (Å²) in [7, 11) is 0. The summed E-state index contributed by atoms with van der Waals surface area (Å²) in [6.07, 6.45) is 17.8. The molecule has 0 aromatic heterocycles. The lowest BCUT2D eigenvalue weighted by molar-refractivity contribution is 0.221. The van der Waals surface area contributed by atoms with Crippen molar-refractivity contribution in [3.05, 3.63) is 29.8 Å². The summed E-state index contributed by atoms with van der Waals surface area (Å²) in [6.45, 7) is 5.35. The van der Waals surface area contributed by atoms with E-state index in [4.69, 9.17) is 4.74 Å². The molecule has 1 aliphatic rings. The van der Waals surface area contributed by atoms with E-state index >= 15 is 0 Å². The van der Waals surface area contributed by atoms with E-state index in [1.54, 1.807) is 0 Å². The Morgan fingerprint density at radius 1 is 0.897 bits per heavy atom. The van der Waals surface area contributed by atoms with E-state index in [1.165, 1.54) is 82.6 Å². The molecule has 1 unspecified atom stereocenters. The highest BCUT2D eigenvalue weighted by Crippen LogP contribution is 2.36. The fourth-order valence-electron chi connectivity index (χ4n) is 4.74. The van der Waals surface area contributed by atoms with Crippen LogP contribution in [0.3, 0.4) is 0 Å². The van der Waals surface area contributed by atoms with Gasteiger partial charge in [0, 0.05) is 0 Å². The first-order chi connectivity index (χ1) is 14.3. The second kappa shape index (κ2) is 14.5. The van der Waals surface area contributed by atoms with Gasteiger partial charge in [0.15, 0.2) is 0 Å². The zero-order valence-electron chi connectivity index (χ0n) is 19.0. The molecule has 29 heavy (non-hydrogen) atoms. The molecule has 1 aromatic rings. The molecule has 0 aliphatic heterocycles. The second-order valence-corrected chi connectivity index (χ2v) is 9.12. The van der Waals surface area contributed by atoms with Crippen LogP contribution in [0.25, 0.3) is 0 Å². The molecule has 1 aromatic carbocycles. The quantitative estimate of drug-likeness (QED) is 0.297. The smallest absolute Gasteiger partial charge is 0.119 e. The first-order valence-electron chi connectivity index (χ1n) is 12.4. The molecule has 0 saturated heterocycles. The third kappa shape index (κ3) is 9.24. The number of ether oxygens (including phenoxy) is 1. The predicted octanol–water partition coefficient (Wildman–Crippen LogP) is 8.10. The van der Waals surface area contributed by atoms with Crippen molar-refractivity contribution in [1.82, 2.24) is 0 Å². The van der Waals surface area contributed by atoms with E-state index < -0.39 is 0 Å². The Hall–Kier alpha value is -1.49. The number of benzene rings is 1. The maximum Gasteiger partial charge on any atom is 0.119 e. The number of rotatable bonds is 14. The molecule has 0 N–H and O–H groups in total. The summed E-state index contributed by atoms with van der Waals surface area (Å²) >= 11 is 0. The SMILES string of the molecule is CCCCCCCCOc1ccc(CC(C#N)C2CCC(CCCC)CC2)cc1. The van der Waals surface area contributed by atoms with Crippen molar-refractivity contribution in [3.8, 4) is 11.8 Å². The molecular weight excluding hydrogens is 354 g/mol. The molecule has 0 radical (unpaired) electrons. The average molecular weight is 398 g/mol. The minimum Gasteiger partial charge on any atom is -0.494 e. The summed E-state index contributed by atoms with van der Waals surface area (Å²) in [6, 6.07) is 11.1. The summed E-state index contributed by atoms with van der Waals surface area (Å²) < 4.78 is 5.89. The van der Waals surface area contributed by atoms with Gasteiger partial charge in [-0.05, 0) is 55.2 Å². The maximum atomic E-state index is 9.75.